The molecule has 2 rings (SSSR count). The number of allylic oxidation sites excluding steroid dienone is 5. The third-order valence-electron chi connectivity index (χ3n) is 2.23. The average Bonchev–Trinajstić information content (AvgIpc) is 2.29. The molecule has 0 aliphatic heterocycles. The van der Waals surface area contributed by atoms with Gasteiger partial charge < -0.3 is 4.98 Å². The van der Waals surface area contributed by atoms with Gasteiger partial charge in [0.05, 0.1) is 0 Å². The second-order valence-electron chi connectivity index (χ2n) is 3.28. The van der Waals surface area contributed by atoms with Crippen LogP contribution in [0.1, 0.15) is 6.42 Å². The Bertz CT molecular complexity index is 611. The fourth-order valence-electron chi connectivity index (χ4n) is 1.51. The highest BCUT2D eigenvalue weighted by Gasteiger charge is 2.10. The van der Waals surface area contributed by atoms with E-state index >= 15 is 0 Å². The van der Waals surface area contributed by atoms with Crippen molar-refractivity contribution in [1.82, 2.24) is 9.55 Å². The molecule has 5 nitrogen and oxygen atoms in total. The van der Waals surface area contributed by atoms with Crippen LogP contribution in [0.2, 0.25) is 0 Å². The van der Waals surface area contributed by atoms with E-state index in [0.29, 0.717) is 11.3 Å². The summed E-state index contributed by atoms with van der Waals surface area (Å²) in [6, 6.07) is 1.25. The third-order valence-corrected chi connectivity index (χ3v) is 2.23. The topological polar surface area (TPSA) is 71.9 Å². The summed E-state index contributed by atoms with van der Waals surface area (Å²) < 4.78 is 1.00. The lowest BCUT2D eigenvalue weighted by Gasteiger charge is -2.10. The van der Waals surface area contributed by atoms with Gasteiger partial charge in [0.2, 0.25) is 0 Å². The van der Waals surface area contributed by atoms with E-state index in [1.807, 2.05) is 0 Å². The minimum absolute atomic E-state index is 0.229. The zero-order valence-corrected chi connectivity index (χ0v) is 8.27. The van der Waals surface area contributed by atoms with E-state index in [9.17, 15) is 14.4 Å². The average molecular weight is 216 g/mol. The molecule has 1 aromatic heterocycles. The number of aromatic amines is 1. The molecule has 0 saturated heterocycles. The Morgan fingerprint density at radius 1 is 1.38 bits per heavy atom. The second-order valence-corrected chi connectivity index (χ2v) is 3.28. The number of hydrogen-bond acceptors (Lipinski definition) is 3. The van der Waals surface area contributed by atoms with Crippen molar-refractivity contribution >= 4 is 11.6 Å². The fraction of sp³-hybridized carbons (Fsp3) is 0.0909. The van der Waals surface area contributed by atoms with Gasteiger partial charge >= 0.3 is 5.69 Å². The molecule has 0 spiro atoms. The van der Waals surface area contributed by atoms with Gasteiger partial charge in [0, 0.05) is 30.0 Å². The smallest absolute Gasteiger partial charge is 0.314 e. The van der Waals surface area contributed by atoms with Crippen LogP contribution in [0, 0.1) is 0 Å². The van der Waals surface area contributed by atoms with E-state index in [1.54, 1.807) is 24.2 Å². The van der Waals surface area contributed by atoms with Crippen LogP contribution in [0.4, 0.5) is 0 Å². The van der Waals surface area contributed by atoms with E-state index in [0.717, 1.165) is 4.57 Å². The normalized spacial score (nSPS) is 14.5. The molecule has 0 saturated carbocycles. The molecule has 16 heavy (non-hydrogen) atoms. The van der Waals surface area contributed by atoms with Gasteiger partial charge in [-0.2, -0.15) is 0 Å². The van der Waals surface area contributed by atoms with Crippen LogP contribution in [0.25, 0.3) is 5.70 Å². The summed E-state index contributed by atoms with van der Waals surface area (Å²) in [5.74, 6) is 1.75. The van der Waals surface area contributed by atoms with Gasteiger partial charge in [-0.05, 0) is 12.2 Å². The highest BCUT2D eigenvalue weighted by atomic mass is 16.2. The van der Waals surface area contributed by atoms with Gasteiger partial charge in [-0.1, -0.05) is 6.08 Å². The number of H-pyrrole nitrogens is 1. The van der Waals surface area contributed by atoms with Crippen molar-refractivity contribution in [1.29, 1.82) is 0 Å². The van der Waals surface area contributed by atoms with Crippen LogP contribution in [0.5, 0.6) is 0 Å². The maximum Gasteiger partial charge on any atom is 0.332 e. The van der Waals surface area contributed by atoms with E-state index < -0.39 is 11.2 Å². The Kier molecular flexibility index (Phi) is 2.54. The maximum atomic E-state index is 11.5. The molecule has 0 aromatic carbocycles. The van der Waals surface area contributed by atoms with Crippen LogP contribution in [0.3, 0.4) is 0 Å². The van der Waals surface area contributed by atoms with Gasteiger partial charge in [0.15, 0.2) is 0 Å². The number of nitrogens with one attached hydrogen (secondary N) is 1. The molecule has 1 aromatic rings. The van der Waals surface area contributed by atoms with Gasteiger partial charge in [-0.3, -0.25) is 4.79 Å². The van der Waals surface area contributed by atoms with E-state index in [2.05, 4.69) is 4.98 Å². The molecule has 1 aliphatic rings. The minimum Gasteiger partial charge on any atom is -0.314 e. The Labute approximate surface area is 90.0 Å². The lowest BCUT2D eigenvalue weighted by atomic mass is 10.1. The Hall–Kier alpha value is -2.39. The van der Waals surface area contributed by atoms with Crippen molar-refractivity contribution in [2.75, 3.05) is 0 Å². The van der Waals surface area contributed by atoms with Crippen LogP contribution < -0.4 is 11.2 Å². The first-order valence-corrected chi connectivity index (χ1v) is 4.65. The molecule has 1 heterocycles. The van der Waals surface area contributed by atoms with Gasteiger partial charge in [-0.15, -0.1) is 0 Å². The number of nitrogens with zero attached hydrogens (tertiary/aromatic N) is 1. The van der Waals surface area contributed by atoms with Crippen molar-refractivity contribution < 1.29 is 4.79 Å². The minimum atomic E-state index is -0.515. The Balaban J connectivity index is 2.59. The first-order chi connectivity index (χ1) is 7.72. The van der Waals surface area contributed by atoms with Gasteiger partial charge in [-0.25, -0.2) is 14.2 Å². The predicted octanol–water partition coefficient (Wildman–Crippen LogP) is 0.0954. The lowest BCUT2D eigenvalue weighted by Crippen LogP contribution is -2.33. The van der Waals surface area contributed by atoms with Gasteiger partial charge in [0.1, 0.15) is 5.94 Å². The van der Waals surface area contributed by atoms with Crippen LogP contribution in [-0.2, 0) is 4.79 Å². The lowest BCUT2D eigenvalue weighted by molar-refractivity contribution is 0.567. The van der Waals surface area contributed by atoms with E-state index in [-0.39, 0.29) is 6.42 Å². The largest absolute Gasteiger partial charge is 0.332 e. The number of hydrogen-bond donors (Lipinski definition) is 1. The standard InChI is InChI=1S/C11H8N2O3/c14-7-8-2-1-3-9(6-8)13-10(15)4-5-12-11(13)16/h1-5H,6H2,(H,12,16). The summed E-state index contributed by atoms with van der Waals surface area (Å²) in [5, 5.41) is 0. The predicted molar refractivity (Wildman–Crippen MR) is 58.6 cm³/mol. The molecule has 1 aliphatic carbocycles. The molecule has 5 heteroatoms. The fourth-order valence-corrected chi connectivity index (χ4v) is 1.51. The van der Waals surface area contributed by atoms with Crippen molar-refractivity contribution in [2.24, 2.45) is 0 Å². The summed E-state index contributed by atoms with van der Waals surface area (Å²) in [4.78, 5) is 35.9. The summed E-state index contributed by atoms with van der Waals surface area (Å²) in [6.07, 6.45) is 6.35. The molecule has 0 atom stereocenters. The molecule has 0 radical (unpaired) electrons. The molecule has 0 amide bonds. The maximum absolute atomic E-state index is 11.5. The zero-order chi connectivity index (χ0) is 11.5. The number of aromatic nitrogens is 2. The quantitative estimate of drug-likeness (QED) is 0.676. The summed E-state index contributed by atoms with van der Waals surface area (Å²) in [5.41, 5.74) is -0.0600. The monoisotopic (exact) mass is 216 g/mol. The molecule has 80 valence electrons. The summed E-state index contributed by atoms with van der Waals surface area (Å²) >= 11 is 0. The zero-order valence-electron chi connectivity index (χ0n) is 8.27. The molecule has 0 bridgehead atoms. The summed E-state index contributed by atoms with van der Waals surface area (Å²) in [7, 11) is 0. The van der Waals surface area contributed by atoms with Crippen LogP contribution in [-0.4, -0.2) is 15.5 Å². The first-order valence-electron chi connectivity index (χ1n) is 4.65. The SMILES string of the molecule is O=C=C1C=CC=C(n2c(=O)cc[nH]c2=O)C1. The van der Waals surface area contributed by atoms with Crippen LogP contribution >= 0.6 is 0 Å². The number of rotatable bonds is 1. The second kappa shape index (κ2) is 4.00. The van der Waals surface area contributed by atoms with Crippen molar-refractivity contribution in [3.63, 3.8) is 0 Å². The molecule has 0 unspecified atom stereocenters. The van der Waals surface area contributed by atoms with Gasteiger partial charge in [0.25, 0.3) is 5.56 Å². The van der Waals surface area contributed by atoms with Crippen molar-refractivity contribution in [2.45, 2.75) is 6.42 Å². The highest BCUT2D eigenvalue weighted by molar-refractivity contribution is 5.67. The molecular formula is C11H8N2O3. The Morgan fingerprint density at radius 3 is 2.88 bits per heavy atom. The molecular weight excluding hydrogens is 208 g/mol. The van der Waals surface area contributed by atoms with Crippen molar-refractivity contribution in [3.05, 3.63) is 56.9 Å². The van der Waals surface area contributed by atoms with E-state index in [4.69, 9.17) is 0 Å². The third kappa shape index (κ3) is 1.71. The van der Waals surface area contributed by atoms with Crippen molar-refractivity contribution in [3.8, 4) is 0 Å². The highest BCUT2D eigenvalue weighted by Crippen LogP contribution is 2.16. The van der Waals surface area contributed by atoms with E-state index in [1.165, 1.54) is 12.3 Å². The Morgan fingerprint density at radius 2 is 2.19 bits per heavy atom. The molecule has 1 N–H and O–H groups in total. The molecule has 0 fully saturated rings. The first kappa shape index (κ1) is 10.1. The summed E-state index contributed by atoms with van der Waals surface area (Å²) in [6.45, 7) is 0. The number of carbonyl (C=O) groups excluding carboxylic acids is 1. The van der Waals surface area contributed by atoms with Crippen LogP contribution in [0.15, 0.2) is 45.7 Å².